The van der Waals surface area contributed by atoms with Gasteiger partial charge in [0.2, 0.25) is 0 Å². The molecule has 6 nitrogen and oxygen atoms in total. The summed E-state index contributed by atoms with van der Waals surface area (Å²) in [6.07, 6.45) is 5.75. The molecule has 0 spiro atoms. The van der Waals surface area contributed by atoms with Crippen molar-refractivity contribution in [1.29, 1.82) is 0 Å². The van der Waals surface area contributed by atoms with Crippen molar-refractivity contribution in [2.75, 3.05) is 6.54 Å². The standard InChI is InChI=1S/C19H23N5O/c1-15-9-17(22(2)21-15)12-23-11-16-5-4-8-24(16)14-19(13-23)25-18-6-3-7-20-10-18/h3-10,19H,11-14H2,1-2H3. The Morgan fingerprint density at radius 1 is 1.24 bits per heavy atom. The number of rotatable bonds is 4. The normalized spacial score (nSPS) is 17.9. The lowest BCUT2D eigenvalue weighted by Crippen LogP contribution is -2.35. The summed E-state index contributed by atoms with van der Waals surface area (Å²) >= 11 is 0. The first-order valence-corrected chi connectivity index (χ1v) is 8.60. The molecule has 4 rings (SSSR count). The van der Waals surface area contributed by atoms with Gasteiger partial charge in [0.1, 0.15) is 11.9 Å². The lowest BCUT2D eigenvalue weighted by Gasteiger charge is -2.24. The van der Waals surface area contributed by atoms with Crippen LogP contribution in [0.1, 0.15) is 17.1 Å². The van der Waals surface area contributed by atoms with Gasteiger partial charge in [0.15, 0.2) is 0 Å². The van der Waals surface area contributed by atoms with Crippen molar-refractivity contribution < 1.29 is 4.74 Å². The molecule has 1 atom stereocenters. The van der Waals surface area contributed by atoms with Crippen molar-refractivity contribution in [2.45, 2.75) is 32.7 Å². The summed E-state index contributed by atoms with van der Waals surface area (Å²) in [6.45, 7) is 5.50. The Hall–Kier alpha value is -2.60. The van der Waals surface area contributed by atoms with Gasteiger partial charge in [0, 0.05) is 44.8 Å². The summed E-state index contributed by atoms with van der Waals surface area (Å²) in [5, 5.41) is 4.47. The molecule has 4 heterocycles. The van der Waals surface area contributed by atoms with Gasteiger partial charge in [0.05, 0.1) is 24.1 Å². The van der Waals surface area contributed by atoms with Crippen molar-refractivity contribution in [3.05, 3.63) is 66.0 Å². The molecule has 1 aliphatic rings. The fourth-order valence-electron chi connectivity index (χ4n) is 3.48. The number of ether oxygens (including phenoxy) is 1. The van der Waals surface area contributed by atoms with Gasteiger partial charge in [-0.2, -0.15) is 5.10 Å². The third-order valence-electron chi connectivity index (χ3n) is 4.59. The highest BCUT2D eigenvalue weighted by molar-refractivity contribution is 5.17. The predicted molar refractivity (Wildman–Crippen MR) is 95.1 cm³/mol. The lowest BCUT2D eigenvalue weighted by atomic mass is 10.2. The second kappa shape index (κ2) is 6.72. The number of aryl methyl sites for hydroxylation is 2. The Bertz CT molecular complexity index is 839. The van der Waals surface area contributed by atoms with Crippen molar-refractivity contribution in [3.8, 4) is 5.75 Å². The highest BCUT2D eigenvalue weighted by Crippen LogP contribution is 2.19. The van der Waals surface area contributed by atoms with E-state index in [0.29, 0.717) is 0 Å². The minimum absolute atomic E-state index is 0.0761. The average molecular weight is 337 g/mol. The van der Waals surface area contributed by atoms with Crippen LogP contribution in [0.15, 0.2) is 48.9 Å². The van der Waals surface area contributed by atoms with E-state index in [1.165, 1.54) is 11.4 Å². The molecule has 0 bridgehead atoms. The average Bonchev–Trinajstić information content (AvgIpc) is 3.10. The van der Waals surface area contributed by atoms with Crippen LogP contribution in [0.3, 0.4) is 0 Å². The number of hydrogen-bond acceptors (Lipinski definition) is 4. The van der Waals surface area contributed by atoms with Crippen LogP contribution >= 0.6 is 0 Å². The van der Waals surface area contributed by atoms with Gasteiger partial charge in [0.25, 0.3) is 0 Å². The summed E-state index contributed by atoms with van der Waals surface area (Å²) < 4.78 is 10.5. The van der Waals surface area contributed by atoms with E-state index in [1.54, 1.807) is 12.4 Å². The van der Waals surface area contributed by atoms with Crippen molar-refractivity contribution in [3.63, 3.8) is 0 Å². The fraction of sp³-hybridized carbons (Fsp3) is 0.368. The van der Waals surface area contributed by atoms with E-state index < -0.39 is 0 Å². The second-order valence-electron chi connectivity index (χ2n) is 6.65. The summed E-state index contributed by atoms with van der Waals surface area (Å²) in [7, 11) is 2.01. The monoisotopic (exact) mass is 337 g/mol. The highest BCUT2D eigenvalue weighted by atomic mass is 16.5. The molecule has 0 amide bonds. The van der Waals surface area contributed by atoms with Crippen LogP contribution in [-0.2, 0) is 26.7 Å². The smallest absolute Gasteiger partial charge is 0.138 e. The Labute approximate surface area is 147 Å². The number of nitrogens with zero attached hydrogens (tertiary/aromatic N) is 5. The highest BCUT2D eigenvalue weighted by Gasteiger charge is 2.23. The molecule has 1 unspecified atom stereocenters. The Morgan fingerprint density at radius 3 is 2.92 bits per heavy atom. The van der Waals surface area contributed by atoms with Gasteiger partial charge in [-0.15, -0.1) is 0 Å². The van der Waals surface area contributed by atoms with Crippen molar-refractivity contribution in [1.82, 2.24) is 24.2 Å². The number of pyridine rings is 1. The number of fused-ring (bicyclic) bond motifs is 1. The van der Waals surface area contributed by atoms with Crippen molar-refractivity contribution in [2.24, 2.45) is 7.05 Å². The third kappa shape index (κ3) is 3.58. The van der Waals surface area contributed by atoms with Crippen LogP contribution in [0.25, 0.3) is 0 Å². The largest absolute Gasteiger partial charge is 0.486 e. The van der Waals surface area contributed by atoms with Gasteiger partial charge < -0.3 is 9.30 Å². The molecule has 6 heteroatoms. The molecule has 0 aromatic carbocycles. The lowest BCUT2D eigenvalue weighted by molar-refractivity contribution is 0.122. The molecule has 3 aromatic rings. The molecule has 0 N–H and O–H groups in total. The number of aromatic nitrogens is 4. The van der Waals surface area contributed by atoms with Crippen molar-refractivity contribution >= 4 is 0 Å². The zero-order chi connectivity index (χ0) is 17.2. The first-order chi connectivity index (χ1) is 12.2. The second-order valence-corrected chi connectivity index (χ2v) is 6.65. The van der Waals surface area contributed by atoms with E-state index >= 15 is 0 Å². The minimum Gasteiger partial charge on any atom is -0.486 e. The van der Waals surface area contributed by atoms with Gasteiger partial charge in [-0.25, -0.2) is 0 Å². The molecule has 1 aliphatic heterocycles. The molecular weight excluding hydrogens is 314 g/mol. The van der Waals surface area contributed by atoms with E-state index in [4.69, 9.17) is 4.74 Å². The van der Waals surface area contributed by atoms with Crippen LogP contribution in [-0.4, -0.2) is 36.9 Å². The topological polar surface area (TPSA) is 48.1 Å². The minimum atomic E-state index is 0.0761. The van der Waals surface area contributed by atoms with Crippen LogP contribution in [0.2, 0.25) is 0 Å². The Balaban J connectivity index is 1.55. The fourth-order valence-corrected chi connectivity index (χ4v) is 3.48. The third-order valence-corrected chi connectivity index (χ3v) is 4.59. The quantitative estimate of drug-likeness (QED) is 0.733. The van der Waals surface area contributed by atoms with Crippen LogP contribution in [0.5, 0.6) is 5.75 Å². The van der Waals surface area contributed by atoms with E-state index in [1.807, 2.05) is 30.8 Å². The number of hydrogen-bond donors (Lipinski definition) is 0. The Morgan fingerprint density at radius 2 is 2.16 bits per heavy atom. The summed E-state index contributed by atoms with van der Waals surface area (Å²) in [5.74, 6) is 0.819. The molecular formula is C19H23N5O. The SMILES string of the molecule is Cc1cc(CN2Cc3cccn3CC(Oc3cccnc3)C2)n(C)n1. The summed E-state index contributed by atoms with van der Waals surface area (Å²) in [6, 6.07) is 10.3. The molecule has 0 fully saturated rings. The first kappa shape index (κ1) is 15.9. The molecule has 0 saturated carbocycles. The summed E-state index contributed by atoms with van der Waals surface area (Å²) in [4.78, 5) is 6.58. The predicted octanol–water partition coefficient (Wildman–Crippen LogP) is 2.39. The van der Waals surface area contributed by atoms with Gasteiger partial charge in [-0.1, -0.05) is 0 Å². The molecule has 130 valence electrons. The maximum atomic E-state index is 6.22. The van der Waals surface area contributed by atoms with E-state index in [2.05, 4.69) is 43.9 Å². The van der Waals surface area contributed by atoms with E-state index in [-0.39, 0.29) is 6.10 Å². The summed E-state index contributed by atoms with van der Waals surface area (Å²) in [5.41, 5.74) is 3.59. The first-order valence-electron chi connectivity index (χ1n) is 8.60. The zero-order valence-electron chi connectivity index (χ0n) is 14.7. The maximum Gasteiger partial charge on any atom is 0.138 e. The van der Waals surface area contributed by atoms with Crippen LogP contribution in [0, 0.1) is 6.92 Å². The van der Waals surface area contributed by atoms with Crippen LogP contribution in [0.4, 0.5) is 0 Å². The zero-order valence-corrected chi connectivity index (χ0v) is 14.7. The molecule has 25 heavy (non-hydrogen) atoms. The molecule has 0 radical (unpaired) electrons. The van der Waals surface area contributed by atoms with Crippen LogP contribution < -0.4 is 4.74 Å². The maximum absolute atomic E-state index is 6.22. The van der Waals surface area contributed by atoms with Gasteiger partial charge in [-0.05, 0) is 37.3 Å². The Kier molecular flexibility index (Phi) is 4.28. The molecule has 3 aromatic heterocycles. The van der Waals surface area contributed by atoms with Gasteiger partial charge >= 0.3 is 0 Å². The van der Waals surface area contributed by atoms with Gasteiger partial charge in [-0.3, -0.25) is 14.6 Å². The van der Waals surface area contributed by atoms with E-state index in [0.717, 1.165) is 37.6 Å². The van der Waals surface area contributed by atoms with E-state index in [9.17, 15) is 0 Å². The molecule has 0 aliphatic carbocycles. The molecule has 0 saturated heterocycles.